The molecule has 0 spiro atoms. The number of hydrogen-bond acceptors (Lipinski definition) is 0. The van der Waals surface area contributed by atoms with Gasteiger partial charge in [0.2, 0.25) is 0 Å². The van der Waals surface area contributed by atoms with E-state index in [0.717, 1.165) is 0 Å². The van der Waals surface area contributed by atoms with Crippen LogP contribution in [0.25, 0.3) is 10.8 Å². The van der Waals surface area contributed by atoms with Gasteiger partial charge in [0.25, 0.3) is 0 Å². The summed E-state index contributed by atoms with van der Waals surface area (Å²) in [6, 6.07) is 10.8. The summed E-state index contributed by atoms with van der Waals surface area (Å²) < 4.78 is 0. The first-order chi connectivity index (χ1) is 8.20. The summed E-state index contributed by atoms with van der Waals surface area (Å²) in [6.07, 6.45) is 0. The van der Waals surface area contributed by atoms with Gasteiger partial charge < -0.3 is 0 Å². The van der Waals surface area contributed by atoms with Crippen LogP contribution in [0.3, 0.4) is 0 Å². The van der Waals surface area contributed by atoms with Gasteiger partial charge in [-0.1, -0.05) is 30.3 Å². The second-order valence-electron chi connectivity index (χ2n) is 3.66. The summed E-state index contributed by atoms with van der Waals surface area (Å²) in [7, 11) is 0. The smallest absolute Gasteiger partial charge is 0.0152 e. The molecule has 0 fully saturated rings. The highest BCUT2D eigenvalue weighted by molar-refractivity contribution is 5.87. The first-order valence-corrected chi connectivity index (χ1v) is 5.65. The minimum atomic E-state index is 1.35. The van der Waals surface area contributed by atoms with Crippen LogP contribution in [-0.2, 0) is 0 Å². The highest BCUT2D eigenvalue weighted by Crippen LogP contribution is 2.23. The standard InChI is InChI=1S/C13H14.2C2H4/c1-9-8-12-6-4-5-7-13(12)11(3)10(9)2;2*1-2/h4-8H,1-3H3;2*1-2H2. The zero-order valence-corrected chi connectivity index (χ0v) is 11.2. The number of fused-ring (bicyclic) bond motifs is 1. The molecule has 2 aromatic carbocycles. The molecule has 0 atom stereocenters. The van der Waals surface area contributed by atoms with Crippen LogP contribution >= 0.6 is 0 Å². The molecule has 0 aromatic heterocycles. The molecule has 0 aliphatic heterocycles. The van der Waals surface area contributed by atoms with Crippen LogP contribution in [-0.4, -0.2) is 0 Å². The average Bonchev–Trinajstić information content (AvgIpc) is 2.41. The normalized spacial score (nSPS) is 8.65. The van der Waals surface area contributed by atoms with E-state index in [1.54, 1.807) is 0 Å². The van der Waals surface area contributed by atoms with Gasteiger partial charge in [-0.15, -0.1) is 26.3 Å². The van der Waals surface area contributed by atoms with Gasteiger partial charge in [-0.3, -0.25) is 0 Å². The van der Waals surface area contributed by atoms with Crippen molar-refractivity contribution in [3.63, 3.8) is 0 Å². The monoisotopic (exact) mass is 226 g/mol. The second kappa shape index (κ2) is 7.45. The van der Waals surface area contributed by atoms with E-state index in [1.807, 2.05) is 0 Å². The van der Waals surface area contributed by atoms with Gasteiger partial charge in [-0.25, -0.2) is 0 Å². The molecule has 0 radical (unpaired) electrons. The van der Waals surface area contributed by atoms with E-state index in [0.29, 0.717) is 0 Å². The summed E-state index contributed by atoms with van der Waals surface area (Å²) in [5, 5.41) is 2.73. The number of benzene rings is 2. The van der Waals surface area contributed by atoms with Crippen molar-refractivity contribution in [2.75, 3.05) is 0 Å². The Morgan fingerprint density at radius 2 is 1.29 bits per heavy atom. The summed E-state index contributed by atoms with van der Waals surface area (Å²) in [5.74, 6) is 0. The molecule has 0 aliphatic rings. The first kappa shape index (κ1) is 15.2. The van der Waals surface area contributed by atoms with Crippen LogP contribution in [0.2, 0.25) is 0 Å². The Labute approximate surface area is 105 Å². The van der Waals surface area contributed by atoms with Crippen LogP contribution in [0.15, 0.2) is 56.6 Å². The lowest BCUT2D eigenvalue weighted by Gasteiger charge is -2.08. The average molecular weight is 226 g/mol. The third-order valence-electron chi connectivity index (χ3n) is 2.89. The van der Waals surface area contributed by atoms with Crippen molar-refractivity contribution >= 4 is 10.8 Å². The van der Waals surface area contributed by atoms with Crippen molar-refractivity contribution in [3.05, 3.63) is 73.3 Å². The van der Waals surface area contributed by atoms with E-state index in [2.05, 4.69) is 77.4 Å². The molecule has 2 aromatic rings. The van der Waals surface area contributed by atoms with E-state index in [1.165, 1.54) is 27.5 Å². The summed E-state index contributed by atoms with van der Waals surface area (Å²) in [4.78, 5) is 0. The zero-order valence-electron chi connectivity index (χ0n) is 11.2. The van der Waals surface area contributed by atoms with Crippen LogP contribution < -0.4 is 0 Å². The second-order valence-corrected chi connectivity index (χ2v) is 3.66. The molecule has 90 valence electrons. The zero-order chi connectivity index (χ0) is 13.4. The minimum Gasteiger partial charge on any atom is -0.106 e. The molecule has 0 bridgehead atoms. The van der Waals surface area contributed by atoms with Gasteiger partial charge in [0.15, 0.2) is 0 Å². The lowest BCUT2D eigenvalue weighted by atomic mass is 9.97. The maximum Gasteiger partial charge on any atom is -0.0152 e. The summed E-state index contributed by atoms with van der Waals surface area (Å²) >= 11 is 0. The van der Waals surface area contributed by atoms with E-state index >= 15 is 0 Å². The molecule has 0 heterocycles. The van der Waals surface area contributed by atoms with Crippen LogP contribution in [0.1, 0.15) is 16.7 Å². The van der Waals surface area contributed by atoms with E-state index in [4.69, 9.17) is 0 Å². The molecule has 0 aliphatic carbocycles. The third kappa shape index (κ3) is 3.32. The predicted octanol–water partition coefficient (Wildman–Crippen LogP) is 5.37. The van der Waals surface area contributed by atoms with Gasteiger partial charge in [-0.05, 0) is 48.2 Å². The molecule has 0 nitrogen and oxygen atoms in total. The molecule has 0 N–H and O–H groups in total. The summed E-state index contributed by atoms with van der Waals surface area (Å²) in [5.41, 5.74) is 4.21. The van der Waals surface area contributed by atoms with Crippen molar-refractivity contribution in [2.24, 2.45) is 0 Å². The van der Waals surface area contributed by atoms with Gasteiger partial charge >= 0.3 is 0 Å². The first-order valence-electron chi connectivity index (χ1n) is 5.65. The number of aryl methyl sites for hydroxylation is 2. The predicted molar refractivity (Wildman–Crippen MR) is 80.7 cm³/mol. The van der Waals surface area contributed by atoms with Gasteiger partial charge in [-0.2, -0.15) is 0 Å². The Kier molecular flexibility index (Phi) is 6.65. The number of rotatable bonds is 0. The fourth-order valence-corrected chi connectivity index (χ4v) is 1.80. The SMILES string of the molecule is C=C.C=C.Cc1cc2ccccc2c(C)c1C. The van der Waals surface area contributed by atoms with Crippen molar-refractivity contribution in [2.45, 2.75) is 20.8 Å². The molecule has 17 heavy (non-hydrogen) atoms. The highest BCUT2D eigenvalue weighted by atomic mass is 14.1. The Bertz CT molecular complexity index is 479. The fraction of sp³-hybridized carbons (Fsp3) is 0.176. The maximum absolute atomic E-state index is 3.00. The van der Waals surface area contributed by atoms with Gasteiger partial charge in [0.1, 0.15) is 0 Å². The Morgan fingerprint density at radius 3 is 1.88 bits per heavy atom. The molecular formula is C17H22. The quantitative estimate of drug-likeness (QED) is 0.530. The number of hydrogen-bond donors (Lipinski definition) is 0. The molecule has 0 saturated carbocycles. The van der Waals surface area contributed by atoms with Crippen molar-refractivity contribution in [3.8, 4) is 0 Å². The largest absolute Gasteiger partial charge is 0.106 e. The summed E-state index contributed by atoms with van der Waals surface area (Å²) in [6.45, 7) is 18.6. The third-order valence-corrected chi connectivity index (χ3v) is 2.89. The fourth-order valence-electron chi connectivity index (χ4n) is 1.80. The van der Waals surface area contributed by atoms with Crippen molar-refractivity contribution in [1.29, 1.82) is 0 Å². The van der Waals surface area contributed by atoms with Gasteiger partial charge in [0.05, 0.1) is 0 Å². The lowest BCUT2D eigenvalue weighted by Crippen LogP contribution is -1.87. The van der Waals surface area contributed by atoms with E-state index in [-0.39, 0.29) is 0 Å². The van der Waals surface area contributed by atoms with E-state index < -0.39 is 0 Å². The molecule has 0 amide bonds. The molecule has 0 heteroatoms. The topological polar surface area (TPSA) is 0 Å². The Hall–Kier alpha value is -1.82. The Balaban J connectivity index is 0.000000581. The molecule has 0 saturated heterocycles. The van der Waals surface area contributed by atoms with Gasteiger partial charge in [0, 0.05) is 0 Å². The van der Waals surface area contributed by atoms with Crippen LogP contribution in [0.5, 0.6) is 0 Å². The molecular weight excluding hydrogens is 204 g/mol. The molecule has 2 rings (SSSR count). The van der Waals surface area contributed by atoms with Crippen LogP contribution in [0, 0.1) is 20.8 Å². The van der Waals surface area contributed by atoms with Crippen LogP contribution in [0.4, 0.5) is 0 Å². The highest BCUT2D eigenvalue weighted by Gasteiger charge is 2.01. The van der Waals surface area contributed by atoms with Crippen molar-refractivity contribution < 1.29 is 0 Å². The van der Waals surface area contributed by atoms with E-state index in [9.17, 15) is 0 Å². The van der Waals surface area contributed by atoms with Crippen molar-refractivity contribution in [1.82, 2.24) is 0 Å². The minimum absolute atomic E-state index is 1.35. The maximum atomic E-state index is 3.00. The lowest BCUT2D eigenvalue weighted by molar-refractivity contribution is 1.30. The molecule has 0 unspecified atom stereocenters. The Morgan fingerprint density at radius 1 is 0.765 bits per heavy atom.